The predicted molar refractivity (Wildman–Crippen MR) is 87.6 cm³/mol. The van der Waals surface area contributed by atoms with E-state index in [-0.39, 0.29) is 6.10 Å². The van der Waals surface area contributed by atoms with Crippen molar-refractivity contribution in [3.63, 3.8) is 0 Å². The van der Waals surface area contributed by atoms with Crippen LogP contribution in [0.5, 0.6) is 0 Å². The van der Waals surface area contributed by atoms with Gasteiger partial charge in [0.15, 0.2) is 9.84 Å². The smallest absolute Gasteiger partial charge is 0.184 e. The summed E-state index contributed by atoms with van der Waals surface area (Å²) in [4.78, 5) is 0.445. The van der Waals surface area contributed by atoms with Crippen molar-refractivity contribution < 1.29 is 13.2 Å². The fourth-order valence-electron chi connectivity index (χ4n) is 3.60. The zero-order valence-corrected chi connectivity index (χ0v) is 13.9. The van der Waals surface area contributed by atoms with Crippen LogP contribution in [-0.4, -0.2) is 25.9 Å². The van der Waals surface area contributed by atoms with Crippen LogP contribution < -0.4 is 0 Å². The second-order valence-corrected chi connectivity index (χ2v) is 8.94. The van der Waals surface area contributed by atoms with E-state index in [9.17, 15) is 8.42 Å². The van der Waals surface area contributed by atoms with Gasteiger partial charge in [0.25, 0.3) is 0 Å². The average molecular weight is 320 g/mol. The van der Waals surface area contributed by atoms with Crippen LogP contribution in [0, 0.1) is 0 Å². The maximum atomic E-state index is 13.3. The first-order valence-electron chi connectivity index (χ1n) is 8.10. The van der Waals surface area contributed by atoms with E-state index in [2.05, 4.69) is 13.0 Å². The summed E-state index contributed by atoms with van der Waals surface area (Å²) in [6, 6.07) is 8.90. The lowest BCUT2D eigenvalue weighted by Crippen LogP contribution is -2.43. The standard InChI is InChI=1S/C18H24O3S/c1-15-9-11-18(12-10-15,14-16-6-5-13-21-16)22(19,20)17-7-3-2-4-8-17/h2-4,7-9,16H,5-6,10-14H2,1H3. The Morgan fingerprint density at radius 2 is 2.05 bits per heavy atom. The van der Waals surface area contributed by atoms with Crippen LogP contribution in [-0.2, 0) is 14.6 Å². The van der Waals surface area contributed by atoms with Crippen molar-refractivity contribution in [1.82, 2.24) is 0 Å². The minimum absolute atomic E-state index is 0.0882. The number of hydrogen-bond acceptors (Lipinski definition) is 3. The first-order chi connectivity index (χ1) is 10.5. The molecule has 0 N–H and O–H groups in total. The largest absolute Gasteiger partial charge is 0.378 e. The highest BCUT2D eigenvalue weighted by Gasteiger charge is 2.46. The molecule has 1 heterocycles. The summed E-state index contributed by atoms with van der Waals surface area (Å²) >= 11 is 0. The Labute approximate surface area is 133 Å². The molecule has 0 radical (unpaired) electrons. The normalized spacial score (nSPS) is 29.3. The second kappa shape index (κ2) is 6.17. The van der Waals surface area contributed by atoms with Crippen LogP contribution in [0.1, 0.15) is 45.4 Å². The summed E-state index contributed by atoms with van der Waals surface area (Å²) in [6.07, 6.45) is 7.01. The molecule has 1 aliphatic heterocycles. The lowest BCUT2D eigenvalue weighted by Gasteiger charge is -2.37. The number of sulfone groups is 1. The van der Waals surface area contributed by atoms with Crippen LogP contribution in [0.4, 0.5) is 0 Å². The summed E-state index contributed by atoms with van der Waals surface area (Å²) < 4.78 is 31.7. The summed E-state index contributed by atoms with van der Waals surface area (Å²) in [5.74, 6) is 0. The summed E-state index contributed by atoms with van der Waals surface area (Å²) in [5, 5.41) is 0. The fourth-order valence-corrected chi connectivity index (χ4v) is 5.69. The predicted octanol–water partition coefficient (Wildman–Crippen LogP) is 3.90. The van der Waals surface area contributed by atoms with Crippen LogP contribution in [0.15, 0.2) is 46.9 Å². The Hall–Kier alpha value is -1.13. The number of benzene rings is 1. The lowest BCUT2D eigenvalue weighted by atomic mass is 9.85. The minimum Gasteiger partial charge on any atom is -0.378 e. The van der Waals surface area contributed by atoms with Gasteiger partial charge in [-0.3, -0.25) is 0 Å². The number of hydrogen-bond donors (Lipinski definition) is 0. The summed E-state index contributed by atoms with van der Waals surface area (Å²) in [5.41, 5.74) is 1.30. The maximum absolute atomic E-state index is 13.3. The summed E-state index contributed by atoms with van der Waals surface area (Å²) in [6.45, 7) is 2.85. The molecule has 3 nitrogen and oxygen atoms in total. The van der Waals surface area contributed by atoms with Crippen molar-refractivity contribution in [1.29, 1.82) is 0 Å². The molecule has 3 rings (SSSR count). The molecule has 120 valence electrons. The lowest BCUT2D eigenvalue weighted by molar-refractivity contribution is 0.0917. The SMILES string of the molecule is CC1=CCC(CC2CCCO2)(S(=O)(=O)c2ccccc2)CC1. The molecule has 2 unspecified atom stereocenters. The van der Waals surface area contributed by atoms with Crippen LogP contribution >= 0.6 is 0 Å². The highest BCUT2D eigenvalue weighted by atomic mass is 32.2. The molecule has 1 aromatic rings. The quantitative estimate of drug-likeness (QED) is 0.790. The molecule has 0 amide bonds. The van der Waals surface area contributed by atoms with E-state index >= 15 is 0 Å². The number of rotatable bonds is 4. The van der Waals surface area contributed by atoms with Gasteiger partial charge in [-0.25, -0.2) is 8.42 Å². The van der Waals surface area contributed by atoms with Gasteiger partial charge < -0.3 is 4.74 Å². The zero-order chi connectivity index (χ0) is 15.6. The van der Waals surface area contributed by atoms with Gasteiger partial charge in [-0.15, -0.1) is 0 Å². The summed E-state index contributed by atoms with van der Waals surface area (Å²) in [7, 11) is -3.36. The van der Waals surface area contributed by atoms with Gasteiger partial charge in [-0.2, -0.15) is 0 Å². The first-order valence-corrected chi connectivity index (χ1v) is 9.59. The van der Waals surface area contributed by atoms with E-state index in [4.69, 9.17) is 4.74 Å². The Morgan fingerprint density at radius 1 is 1.27 bits per heavy atom. The molecular formula is C18H24O3S. The van der Waals surface area contributed by atoms with Gasteiger partial charge in [0.1, 0.15) is 0 Å². The van der Waals surface area contributed by atoms with E-state index in [0.717, 1.165) is 25.9 Å². The Morgan fingerprint density at radius 3 is 2.64 bits per heavy atom. The highest BCUT2D eigenvalue weighted by Crippen LogP contribution is 2.43. The molecule has 4 heteroatoms. The van der Waals surface area contributed by atoms with Crippen molar-refractivity contribution in [3.8, 4) is 0 Å². The molecule has 0 saturated carbocycles. The minimum atomic E-state index is -3.36. The van der Waals surface area contributed by atoms with Gasteiger partial charge in [0.05, 0.1) is 15.7 Å². The van der Waals surface area contributed by atoms with E-state index in [0.29, 0.717) is 24.2 Å². The average Bonchev–Trinajstić information content (AvgIpc) is 3.03. The van der Waals surface area contributed by atoms with Gasteiger partial charge >= 0.3 is 0 Å². The first kappa shape index (κ1) is 15.8. The molecule has 2 atom stereocenters. The molecule has 1 aliphatic carbocycles. The van der Waals surface area contributed by atoms with Crippen molar-refractivity contribution in [2.45, 2.75) is 61.2 Å². The van der Waals surface area contributed by atoms with Crippen LogP contribution in [0.3, 0.4) is 0 Å². The van der Waals surface area contributed by atoms with Gasteiger partial charge in [0.2, 0.25) is 0 Å². The number of ether oxygens (including phenoxy) is 1. The monoisotopic (exact) mass is 320 g/mol. The number of allylic oxidation sites excluding steroid dienone is 2. The Kier molecular flexibility index (Phi) is 4.42. The molecule has 1 aromatic carbocycles. The van der Waals surface area contributed by atoms with Crippen LogP contribution in [0.25, 0.3) is 0 Å². The molecule has 1 saturated heterocycles. The molecule has 22 heavy (non-hydrogen) atoms. The second-order valence-electron chi connectivity index (χ2n) is 6.59. The van der Waals surface area contributed by atoms with E-state index in [1.165, 1.54) is 5.57 Å². The van der Waals surface area contributed by atoms with E-state index in [1.54, 1.807) is 24.3 Å². The van der Waals surface area contributed by atoms with Crippen LogP contribution in [0.2, 0.25) is 0 Å². The molecule has 0 spiro atoms. The Balaban J connectivity index is 1.98. The maximum Gasteiger partial charge on any atom is 0.184 e. The van der Waals surface area contributed by atoms with Gasteiger partial charge in [0, 0.05) is 6.61 Å². The van der Waals surface area contributed by atoms with Gasteiger partial charge in [-0.05, 0) is 57.6 Å². The van der Waals surface area contributed by atoms with E-state index < -0.39 is 14.6 Å². The fraction of sp³-hybridized carbons (Fsp3) is 0.556. The van der Waals surface area contributed by atoms with Crippen molar-refractivity contribution in [2.24, 2.45) is 0 Å². The van der Waals surface area contributed by atoms with Gasteiger partial charge in [-0.1, -0.05) is 29.8 Å². The highest BCUT2D eigenvalue weighted by molar-refractivity contribution is 7.92. The van der Waals surface area contributed by atoms with Crippen molar-refractivity contribution in [2.75, 3.05) is 6.61 Å². The van der Waals surface area contributed by atoms with Crippen molar-refractivity contribution in [3.05, 3.63) is 42.0 Å². The van der Waals surface area contributed by atoms with Crippen molar-refractivity contribution >= 4 is 9.84 Å². The molecule has 2 aliphatic rings. The third-order valence-corrected chi connectivity index (χ3v) is 7.62. The zero-order valence-electron chi connectivity index (χ0n) is 13.1. The molecular weight excluding hydrogens is 296 g/mol. The third-order valence-electron chi connectivity index (χ3n) is 5.04. The van der Waals surface area contributed by atoms with E-state index in [1.807, 2.05) is 6.07 Å². The molecule has 0 aromatic heterocycles. The molecule has 0 bridgehead atoms. The topological polar surface area (TPSA) is 43.4 Å². The third kappa shape index (κ3) is 2.86. The Bertz CT molecular complexity index is 642. The molecule has 1 fully saturated rings.